The van der Waals surface area contributed by atoms with Gasteiger partial charge in [0.1, 0.15) is 5.76 Å². The molecule has 5 heteroatoms. The molecule has 0 spiro atoms. The monoisotopic (exact) mass is 315 g/mol. The largest absolute Gasteiger partial charge is 0.481 e. The molecule has 0 aliphatic rings. The first kappa shape index (κ1) is 16.8. The molecule has 1 aromatic heterocycles. The average Bonchev–Trinajstić information content (AvgIpc) is 2.96. The summed E-state index contributed by atoms with van der Waals surface area (Å²) in [6.07, 6.45) is 3.12. The van der Waals surface area contributed by atoms with Gasteiger partial charge in [-0.25, -0.2) is 0 Å². The lowest BCUT2D eigenvalue weighted by Crippen LogP contribution is -2.28. The Morgan fingerprint density at radius 3 is 2.39 bits per heavy atom. The molecular formula is C18H21NO4. The number of hydrogen-bond acceptors (Lipinski definition) is 3. The Balaban J connectivity index is 2.13. The van der Waals surface area contributed by atoms with Gasteiger partial charge in [-0.2, -0.15) is 0 Å². The van der Waals surface area contributed by atoms with Crippen LogP contribution in [0, 0.1) is 0 Å². The first-order valence-corrected chi connectivity index (χ1v) is 7.58. The van der Waals surface area contributed by atoms with E-state index in [2.05, 4.69) is 5.32 Å². The van der Waals surface area contributed by atoms with E-state index in [4.69, 9.17) is 4.42 Å². The molecule has 23 heavy (non-hydrogen) atoms. The normalized spacial score (nSPS) is 11.3. The number of anilines is 1. The highest BCUT2D eigenvalue weighted by Crippen LogP contribution is 2.25. The molecule has 2 N–H and O–H groups in total. The number of benzene rings is 1. The Morgan fingerprint density at radius 2 is 1.83 bits per heavy atom. The second kappa shape index (κ2) is 6.69. The third-order valence-corrected chi connectivity index (χ3v) is 3.87. The van der Waals surface area contributed by atoms with Gasteiger partial charge in [0.2, 0.25) is 0 Å². The maximum absolute atomic E-state index is 12.3. The van der Waals surface area contributed by atoms with Gasteiger partial charge >= 0.3 is 5.97 Å². The number of amides is 1. The van der Waals surface area contributed by atoms with E-state index in [1.807, 2.05) is 6.92 Å². The van der Waals surface area contributed by atoms with E-state index >= 15 is 0 Å². The predicted octanol–water partition coefficient (Wildman–Crippen LogP) is 3.85. The molecule has 0 saturated carbocycles. The first-order valence-electron chi connectivity index (χ1n) is 7.58. The van der Waals surface area contributed by atoms with Crippen molar-refractivity contribution in [3.05, 3.63) is 53.5 Å². The Bertz CT molecular complexity index is 698. The van der Waals surface area contributed by atoms with Gasteiger partial charge in [-0.05, 0) is 44.0 Å². The van der Waals surface area contributed by atoms with Crippen LogP contribution in [0.3, 0.4) is 0 Å². The van der Waals surface area contributed by atoms with Gasteiger partial charge in [0.25, 0.3) is 5.91 Å². The predicted molar refractivity (Wildman–Crippen MR) is 87.8 cm³/mol. The van der Waals surface area contributed by atoms with E-state index in [0.717, 1.165) is 6.42 Å². The molecule has 0 aliphatic carbocycles. The Labute approximate surface area is 135 Å². The van der Waals surface area contributed by atoms with Gasteiger partial charge < -0.3 is 14.8 Å². The van der Waals surface area contributed by atoms with Crippen LogP contribution in [0.4, 0.5) is 5.69 Å². The standard InChI is InChI=1S/C18H21NO4/c1-4-5-15-14(10-11-23-15)16(20)19-13-8-6-12(7-9-13)18(2,3)17(21)22/h6-11H,4-5H2,1-3H3,(H,19,20)(H,21,22). The Morgan fingerprint density at radius 1 is 1.17 bits per heavy atom. The van der Waals surface area contributed by atoms with Crippen molar-refractivity contribution in [3.63, 3.8) is 0 Å². The van der Waals surface area contributed by atoms with Crippen LogP contribution in [0.15, 0.2) is 41.0 Å². The van der Waals surface area contributed by atoms with Crippen LogP contribution in [0.1, 0.15) is 48.9 Å². The fourth-order valence-electron chi connectivity index (χ4n) is 2.26. The number of carboxylic acid groups (broad SMARTS) is 1. The average molecular weight is 315 g/mol. The summed E-state index contributed by atoms with van der Waals surface area (Å²) in [5.41, 5.74) is 0.852. The van der Waals surface area contributed by atoms with Gasteiger partial charge in [0, 0.05) is 12.1 Å². The van der Waals surface area contributed by atoms with E-state index in [-0.39, 0.29) is 5.91 Å². The first-order chi connectivity index (χ1) is 10.9. The lowest BCUT2D eigenvalue weighted by atomic mass is 9.85. The van der Waals surface area contributed by atoms with Gasteiger partial charge in [-0.1, -0.05) is 19.1 Å². The smallest absolute Gasteiger partial charge is 0.313 e. The number of aryl methyl sites for hydroxylation is 1. The van der Waals surface area contributed by atoms with Gasteiger partial charge in [-0.3, -0.25) is 9.59 Å². The molecule has 0 fully saturated rings. The number of aliphatic carboxylic acids is 1. The number of hydrogen-bond donors (Lipinski definition) is 2. The maximum atomic E-state index is 12.3. The van der Waals surface area contributed by atoms with Crippen molar-refractivity contribution >= 4 is 17.6 Å². The molecular weight excluding hydrogens is 294 g/mol. The molecule has 1 aromatic carbocycles. The number of carbonyl (C=O) groups is 2. The fraction of sp³-hybridized carbons (Fsp3) is 0.333. The number of carboxylic acids is 1. The van der Waals surface area contributed by atoms with Crippen molar-refractivity contribution in [2.45, 2.75) is 39.0 Å². The maximum Gasteiger partial charge on any atom is 0.313 e. The van der Waals surface area contributed by atoms with E-state index in [1.165, 1.54) is 6.26 Å². The molecule has 0 saturated heterocycles. The molecule has 0 aliphatic heterocycles. The zero-order chi connectivity index (χ0) is 17.0. The molecule has 0 atom stereocenters. The number of nitrogens with one attached hydrogen (secondary N) is 1. The van der Waals surface area contributed by atoms with Crippen LogP contribution in [0.25, 0.3) is 0 Å². The third-order valence-electron chi connectivity index (χ3n) is 3.87. The summed E-state index contributed by atoms with van der Waals surface area (Å²) >= 11 is 0. The Hall–Kier alpha value is -2.56. The third kappa shape index (κ3) is 3.62. The summed E-state index contributed by atoms with van der Waals surface area (Å²) in [5, 5.41) is 12.0. The highest BCUT2D eigenvalue weighted by Gasteiger charge is 2.29. The summed E-state index contributed by atoms with van der Waals surface area (Å²) in [6.45, 7) is 5.31. The zero-order valence-corrected chi connectivity index (χ0v) is 13.6. The van der Waals surface area contributed by atoms with E-state index in [9.17, 15) is 14.7 Å². The van der Waals surface area contributed by atoms with Crippen molar-refractivity contribution in [3.8, 4) is 0 Å². The quantitative estimate of drug-likeness (QED) is 0.848. The van der Waals surface area contributed by atoms with E-state index < -0.39 is 11.4 Å². The SMILES string of the molecule is CCCc1occc1C(=O)Nc1ccc(C(C)(C)C(=O)O)cc1. The summed E-state index contributed by atoms with van der Waals surface area (Å²) in [5.74, 6) is -0.446. The van der Waals surface area contributed by atoms with Crippen LogP contribution in [-0.2, 0) is 16.6 Å². The lowest BCUT2D eigenvalue weighted by molar-refractivity contribution is -0.142. The minimum atomic E-state index is -0.971. The summed E-state index contributed by atoms with van der Waals surface area (Å²) in [7, 11) is 0. The molecule has 2 aromatic rings. The van der Waals surface area contributed by atoms with Crippen LogP contribution >= 0.6 is 0 Å². The molecule has 2 rings (SSSR count). The zero-order valence-electron chi connectivity index (χ0n) is 13.6. The molecule has 0 unspecified atom stereocenters. The highest BCUT2D eigenvalue weighted by atomic mass is 16.4. The number of furan rings is 1. The minimum Gasteiger partial charge on any atom is -0.481 e. The molecule has 122 valence electrons. The van der Waals surface area contributed by atoms with Gasteiger partial charge in [0.05, 0.1) is 17.2 Å². The molecule has 1 amide bonds. The number of carbonyl (C=O) groups excluding carboxylic acids is 1. The van der Waals surface area contributed by atoms with Crippen molar-refractivity contribution in [1.82, 2.24) is 0 Å². The topological polar surface area (TPSA) is 79.5 Å². The van der Waals surface area contributed by atoms with E-state index in [0.29, 0.717) is 29.0 Å². The van der Waals surface area contributed by atoms with Crippen molar-refractivity contribution in [1.29, 1.82) is 0 Å². The van der Waals surface area contributed by atoms with Crippen LogP contribution in [-0.4, -0.2) is 17.0 Å². The Kier molecular flexibility index (Phi) is 4.89. The molecule has 0 bridgehead atoms. The van der Waals surface area contributed by atoms with Crippen LogP contribution in [0.5, 0.6) is 0 Å². The molecule has 0 radical (unpaired) electrons. The van der Waals surface area contributed by atoms with Crippen molar-refractivity contribution < 1.29 is 19.1 Å². The van der Waals surface area contributed by atoms with Crippen LogP contribution < -0.4 is 5.32 Å². The van der Waals surface area contributed by atoms with Gasteiger partial charge in [-0.15, -0.1) is 0 Å². The summed E-state index contributed by atoms with van der Waals surface area (Å²) in [4.78, 5) is 23.6. The van der Waals surface area contributed by atoms with Crippen LogP contribution in [0.2, 0.25) is 0 Å². The minimum absolute atomic E-state index is 0.229. The summed E-state index contributed by atoms with van der Waals surface area (Å²) in [6, 6.07) is 8.50. The molecule has 5 nitrogen and oxygen atoms in total. The van der Waals surface area contributed by atoms with E-state index in [1.54, 1.807) is 44.2 Å². The lowest BCUT2D eigenvalue weighted by Gasteiger charge is -2.19. The second-order valence-electron chi connectivity index (χ2n) is 5.97. The van der Waals surface area contributed by atoms with Crippen molar-refractivity contribution in [2.24, 2.45) is 0 Å². The van der Waals surface area contributed by atoms with Crippen molar-refractivity contribution in [2.75, 3.05) is 5.32 Å². The highest BCUT2D eigenvalue weighted by molar-refractivity contribution is 6.05. The second-order valence-corrected chi connectivity index (χ2v) is 5.97. The van der Waals surface area contributed by atoms with Gasteiger partial charge in [0.15, 0.2) is 0 Å². The fourth-order valence-corrected chi connectivity index (χ4v) is 2.26. The number of rotatable bonds is 6. The molecule has 1 heterocycles. The summed E-state index contributed by atoms with van der Waals surface area (Å²) < 4.78 is 5.33.